The second-order valence-electron chi connectivity index (χ2n) is 4.04. The molecule has 0 radical (unpaired) electrons. The number of methoxy groups -OCH3 is 1. The molecule has 0 spiro atoms. The first kappa shape index (κ1) is 11.9. The molecular formula is C13H20O2. The number of ether oxygens (including phenoxy) is 2. The summed E-state index contributed by atoms with van der Waals surface area (Å²) in [6.07, 6.45) is 1.01. The molecule has 0 unspecified atom stereocenters. The minimum absolute atomic E-state index is 0.528. The number of hydrogen-bond donors (Lipinski definition) is 0. The van der Waals surface area contributed by atoms with Gasteiger partial charge >= 0.3 is 0 Å². The van der Waals surface area contributed by atoms with Crippen molar-refractivity contribution >= 4 is 0 Å². The molecule has 1 rings (SSSR count). The molecule has 0 amide bonds. The van der Waals surface area contributed by atoms with Crippen molar-refractivity contribution in [2.24, 2.45) is 5.92 Å². The third-order valence-corrected chi connectivity index (χ3v) is 2.21. The molecule has 0 aliphatic heterocycles. The predicted molar refractivity (Wildman–Crippen MR) is 62.7 cm³/mol. The molecular weight excluding hydrogens is 188 g/mol. The van der Waals surface area contributed by atoms with Crippen LogP contribution >= 0.6 is 0 Å². The van der Waals surface area contributed by atoms with E-state index >= 15 is 0 Å². The van der Waals surface area contributed by atoms with Crippen molar-refractivity contribution < 1.29 is 9.47 Å². The van der Waals surface area contributed by atoms with Crippen molar-refractivity contribution in [2.75, 3.05) is 13.7 Å². The van der Waals surface area contributed by atoms with Crippen LogP contribution in [0.15, 0.2) is 18.2 Å². The van der Waals surface area contributed by atoms with E-state index in [4.69, 9.17) is 9.47 Å². The van der Waals surface area contributed by atoms with Crippen LogP contribution < -0.4 is 9.47 Å². The van der Waals surface area contributed by atoms with E-state index in [1.807, 2.05) is 12.1 Å². The molecule has 0 fully saturated rings. The zero-order valence-electron chi connectivity index (χ0n) is 10.0. The number of hydrogen-bond acceptors (Lipinski definition) is 2. The Labute approximate surface area is 92.2 Å². The molecule has 0 bridgehead atoms. The lowest BCUT2D eigenvalue weighted by molar-refractivity contribution is 0.257. The largest absolute Gasteiger partial charge is 0.493 e. The third kappa shape index (κ3) is 3.46. The molecule has 0 aliphatic carbocycles. The van der Waals surface area contributed by atoms with Crippen LogP contribution in [0.5, 0.6) is 11.5 Å². The Morgan fingerprint density at radius 2 is 1.93 bits per heavy atom. The van der Waals surface area contributed by atoms with Gasteiger partial charge in [0.25, 0.3) is 0 Å². The molecule has 0 atom stereocenters. The highest BCUT2D eigenvalue weighted by molar-refractivity contribution is 5.42. The maximum Gasteiger partial charge on any atom is 0.161 e. The maximum absolute atomic E-state index is 5.66. The number of benzene rings is 1. The highest BCUT2D eigenvalue weighted by Crippen LogP contribution is 2.28. The van der Waals surface area contributed by atoms with Gasteiger partial charge in [0.05, 0.1) is 13.7 Å². The van der Waals surface area contributed by atoms with Gasteiger partial charge in [-0.25, -0.2) is 0 Å². The van der Waals surface area contributed by atoms with Crippen LogP contribution in [0, 0.1) is 5.92 Å². The van der Waals surface area contributed by atoms with Crippen LogP contribution in [0.4, 0.5) is 0 Å². The third-order valence-electron chi connectivity index (χ3n) is 2.21. The molecule has 2 heteroatoms. The quantitative estimate of drug-likeness (QED) is 0.739. The van der Waals surface area contributed by atoms with Crippen molar-refractivity contribution in [3.05, 3.63) is 23.8 Å². The second kappa shape index (κ2) is 5.64. The molecule has 0 saturated heterocycles. The van der Waals surface area contributed by atoms with Crippen molar-refractivity contribution in [3.8, 4) is 11.5 Å². The van der Waals surface area contributed by atoms with Gasteiger partial charge in [0.1, 0.15) is 0 Å². The summed E-state index contributed by atoms with van der Waals surface area (Å²) in [6.45, 7) is 7.12. The van der Waals surface area contributed by atoms with E-state index in [-0.39, 0.29) is 0 Å². The van der Waals surface area contributed by atoms with E-state index in [0.29, 0.717) is 5.92 Å². The summed E-state index contributed by atoms with van der Waals surface area (Å²) in [5, 5.41) is 0. The van der Waals surface area contributed by atoms with Crippen LogP contribution in [0.25, 0.3) is 0 Å². The van der Waals surface area contributed by atoms with Crippen molar-refractivity contribution in [1.29, 1.82) is 0 Å². The SMILES string of the molecule is CCc1ccc(OCC(C)C)c(OC)c1. The van der Waals surface area contributed by atoms with Gasteiger partial charge in [-0.15, -0.1) is 0 Å². The fourth-order valence-electron chi connectivity index (χ4n) is 1.31. The Morgan fingerprint density at radius 3 is 2.47 bits per heavy atom. The lowest BCUT2D eigenvalue weighted by Gasteiger charge is -2.13. The zero-order chi connectivity index (χ0) is 11.3. The summed E-state index contributed by atoms with van der Waals surface area (Å²) >= 11 is 0. The highest BCUT2D eigenvalue weighted by Gasteiger charge is 2.05. The molecule has 0 aromatic heterocycles. The fraction of sp³-hybridized carbons (Fsp3) is 0.538. The average molecular weight is 208 g/mol. The van der Waals surface area contributed by atoms with Crippen LogP contribution in [0.3, 0.4) is 0 Å². The summed E-state index contributed by atoms with van der Waals surface area (Å²) in [5.41, 5.74) is 1.27. The van der Waals surface area contributed by atoms with Crippen LogP contribution in [-0.4, -0.2) is 13.7 Å². The fourth-order valence-corrected chi connectivity index (χ4v) is 1.31. The first-order valence-electron chi connectivity index (χ1n) is 5.47. The van der Waals surface area contributed by atoms with Gasteiger partial charge in [-0.1, -0.05) is 26.8 Å². The predicted octanol–water partition coefficient (Wildman–Crippen LogP) is 3.29. The van der Waals surface area contributed by atoms with Crippen molar-refractivity contribution in [3.63, 3.8) is 0 Å². The molecule has 1 aromatic rings. The van der Waals surface area contributed by atoms with E-state index in [1.165, 1.54) is 5.56 Å². The number of rotatable bonds is 5. The number of aryl methyl sites for hydroxylation is 1. The minimum atomic E-state index is 0.528. The first-order chi connectivity index (χ1) is 7.17. The molecule has 15 heavy (non-hydrogen) atoms. The normalized spacial score (nSPS) is 10.5. The Kier molecular flexibility index (Phi) is 4.47. The Hall–Kier alpha value is -1.18. The van der Waals surface area contributed by atoms with Gasteiger partial charge in [0, 0.05) is 0 Å². The first-order valence-corrected chi connectivity index (χ1v) is 5.47. The van der Waals surface area contributed by atoms with Crippen LogP contribution in [-0.2, 0) is 6.42 Å². The van der Waals surface area contributed by atoms with Gasteiger partial charge in [0.15, 0.2) is 11.5 Å². The summed E-state index contributed by atoms with van der Waals surface area (Å²) in [7, 11) is 1.68. The maximum atomic E-state index is 5.66. The van der Waals surface area contributed by atoms with Crippen molar-refractivity contribution in [2.45, 2.75) is 27.2 Å². The van der Waals surface area contributed by atoms with Crippen molar-refractivity contribution in [1.82, 2.24) is 0 Å². The molecule has 1 aromatic carbocycles. The molecule has 0 aliphatic rings. The highest BCUT2D eigenvalue weighted by atomic mass is 16.5. The van der Waals surface area contributed by atoms with Gasteiger partial charge in [-0.2, -0.15) is 0 Å². The van der Waals surface area contributed by atoms with Gasteiger partial charge < -0.3 is 9.47 Å². The average Bonchev–Trinajstić information content (AvgIpc) is 2.25. The van der Waals surface area contributed by atoms with Gasteiger partial charge in [-0.3, -0.25) is 0 Å². The summed E-state index contributed by atoms with van der Waals surface area (Å²) in [4.78, 5) is 0. The van der Waals surface area contributed by atoms with E-state index in [9.17, 15) is 0 Å². The van der Waals surface area contributed by atoms with Gasteiger partial charge in [0.2, 0.25) is 0 Å². The Morgan fingerprint density at radius 1 is 1.20 bits per heavy atom. The monoisotopic (exact) mass is 208 g/mol. The van der Waals surface area contributed by atoms with E-state index in [0.717, 1.165) is 24.5 Å². The summed E-state index contributed by atoms with van der Waals surface area (Å²) in [5.74, 6) is 2.19. The standard InChI is InChI=1S/C13H20O2/c1-5-11-6-7-12(13(8-11)14-4)15-9-10(2)3/h6-8,10H,5,9H2,1-4H3. The lowest BCUT2D eigenvalue weighted by atomic mass is 10.1. The van der Waals surface area contributed by atoms with E-state index < -0.39 is 0 Å². The minimum Gasteiger partial charge on any atom is -0.493 e. The smallest absolute Gasteiger partial charge is 0.161 e. The second-order valence-corrected chi connectivity index (χ2v) is 4.04. The lowest BCUT2D eigenvalue weighted by Crippen LogP contribution is -2.05. The molecule has 0 N–H and O–H groups in total. The summed E-state index contributed by atoms with van der Waals surface area (Å²) < 4.78 is 11.0. The molecule has 0 heterocycles. The van der Waals surface area contributed by atoms with Gasteiger partial charge in [-0.05, 0) is 30.0 Å². The topological polar surface area (TPSA) is 18.5 Å². The zero-order valence-corrected chi connectivity index (χ0v) is 10.0. The molecule has 0 saturated carbocycles. The van der Waals surface area contributed by atoms with Crippen LogP contribution in [0.1, 0.15) is 26.3 Å². The van der Waals surface area contributed by atoms with Crippen LogP contribution in [0.2, 0.25) is 0 Å². The van der Waals surface area contributed by atoms with E-state index in [1.54, 1.807) is 7.11 Å². The van der Waals surface area contributed by atoms with E-state index in [2.05, 4.69) is 26.8 Å². The molecule has 84 valence electrons. The Bertz CT molecular complexity index is 305. The summed E-state index contributed by atoms with van der Waals surface area (Å²) in [6, 6.07) is 6.11. The molecule has 2 nitrogen and oxygen atoms in total. The Balaban J connectivity index is 2.78.